The lowest BCUT2D eigenvalue weighted by atomic mass is 9.92. The van der Waals surface area contributed by atoms with Crippen molar-refractivity contribution in [1.82, 2.24) is 4.57 Å². The van der Waals surface area contributed by atoms with Crippen LogP contribution in [0, 0.1) is 6.92 Å². The lowest BCUT2D eigenvalue weighted by Gasteiger charge is -2.15. The summed E-state index contributed by atoms with van der Waals surface area (Å²) in [5, 5.41) is 3.66. The van der Waals surface area contributed by atoms with Gasteiger partial charge in [0.2, 0.25) is 0 Å². The van der Waals surface area contributed by atoms with Crippen LogP contribution in [0.5, 0.6) is 0 Å². The molecule has 2 heteroatoms. The summed E-state index contributed by atoms with van der Waals surface area (Å²) < 4.78 is 2.36. The van der Waals surface area contributed by atoms with E-state index >= 15 is 0 Å². The standard InChI is InChI=1S/C64H52N2/c1-5-7-12-33-61-59(47(4)66(64(61)6-2)58-43-56(50-27-17-10-18-28-50)42-57(44-58)51-29-19-11-20-30-51)36-34-46(3)52-35-37-63-62(45-52)60-32-22-21-31-54(60)41-55(49-25-15-9-16-26-49)40-53(38-39-65-63)48-23-13-8-14-24-48/h5-32,34-45,65H,1-3,33H2,4H3/b12-7-,36-34-,39-38+,53-40+,55-41+. The van der Waals surface area contributed by atoms with E-state index in [2.05, 4.69) is 255 Å². The fourth-order valence-electron chi connectivity index (χ4n) is 8.89. The molecule has 9 rings (SSSR count). The van der Waals surface area contributed by atoms with Gasteiger partial charge in [0.25, 0.3) is 0 Å². The predicted molar refractivity (Wildman–Crippen MR) is 286 cm³/mol. The lowest BCUT2D eigenvalue weighted by Crippen LogP contribution is -2.01. The minimum atomic E-state index is 0.714. The average molecular weight is 849 g/mol. The number of nitrogens with zero attached hydrogens (tertiary/aromatic N) is 1. The molecule has 0 bridgehead atoms. The molecule has 0 fully saturated rings. The molecule has 8 aromatic rings. The van der Waals surface area contributed by atoms with E-state index in [1.165, 1.54) is 16.7 Å². The Morgan fingerprint density at radius 3 is 1.80 bits per heavy atom. The van der Waals surface area contributed by atoms with Crippen LogP contribution >= 0.6 is 0 Å². The van der Waals surface area contributed by atoms with Gasteiger partial charge in [0.15, 0.2) is 0 Å². The van der Waals surface area contributed by atoms with Crippen LogP contribution in [0.25, 0.3) is 74.0 Å². The molecule has 1 N–H and O–H groups in total. The molecule has 0 radical (unpaired) electrons. The van der Waals surface area contributed by atoms with Gasteiger partial charge in [-0.2, -0.15) is 0 Å². The number of aromatic nitrogens is 1. The fourth-order valence-corrected chi connectivity index (χ4v) is 8.89. The van der Waals surface area contributed by atoms with Crippen molar-refractivity contribution in [2.45, 2.75) is 13.3 Å². The fraction of sp³-hybridized carbons (Fsp3) is 0.0312. The largest absolute Gasteiger partial charge is 0.361 e. The Kier molecular flexibility index (Phi) is 12.9. The number of anilines is 1. The van der Waals surface area contributed by atoms with Crippen molar-refractivity contribution in [3.63, 3.8) is 0 Å². The van der Waals surface area contributed by atoms with E-state index in [1.54, 1.807) is 0 Å². The Morgan fingerprint density at radius 2 is 1.18 bits per heavy atom. The molecule has 2 nitrogen and oxygen atoms in total. The second-order valence-electron chi connectivity index (χ2n) is 16.4. The van der Waals surface area contributed by atoms with Gasteiger partial charge in [-0.25, -0.2) is 0 Å². The second kappa shape index (κ2) is 19.9. The maximum Gasteiger partial charge on any atom is 0.0494 e. The average Bonchev–Trinajstić information content (AvgIpc) is 3.63. The van der Waals surface area contributed by atoms with Crippen molar-refractivity contribution in [2.24, 2.45) is 0 Å². The van der Waals surface area contributed by atoms with Gasteiger partial charge in [-0.1, -0.05) is 202 Å². The van der Waals surface area contributed by atoms with Crippen molar-refractivity contribution in [2.75, 3.05) is 5.32 Å². The number of allylic oxidation sites excluding steroid dienone is 9. The Hall–Kier alpha value is -8.46. The van der Waals surface area contributed by atoms with Gasteiger partial charge in [-0.3, -0.25) is 0 Å². The van der Waals surface area contributed by atoms with Gasteiger partial charge in [0.05, 0.1) is 0 Å². The number of rotatable bonds is 12. The molecule has 0 aliphatic carbocycles. The summed E-state index contributed by atoms with van der Waals surface area (Å²) in [7, 11) is 0. The van der Waals surface area contributed by atoms with Crippen LogP contribution in [0.3, 0.4) is 0 Å². The summed E-state index contributed by atoms with van der Waals surface area (Å²) in [6, 6.07) is 64.5. The smallest absolute Gasteiger partial charge is 0.0494 e. The molecule has 0 amide bonds. The molecule has 0 spiro atoms. The highest BCUT2D eigenvalue weighted by Gasteiger charge is 2.20. The van der Waals surface area contributed by atoms with Crippen molar-refractivity contribution >= 4 is 40.6 Å². The van der Waals surface area contributed by atoms with Crippen LogP contribution in [0.1, 0.15) is 44.8 Å². The van der Waals surface area contributed by atoms with E-state index in [0.29, 0.717) is 6.42 Å². The SMILES string of the molecule is C=C/C=C\Cc1c(/C=C\C(=C)c2ccc3c(c2)-c2ccccc2\C=C(c2ccccc2)/C=C(c2ccccc2)\C=C\N3)c(C)n(-c2cc(-c3ccccc3)cc(-c3ccccc3)c2)c1C=C. The van der Waals surface area contributed by atoms with E-state index in [1.807, 2.05) is 24.4 Å². The third-order valence-corrected chi connectivity index (χ3v) is 12.2. The molecule has 1 aliphatic heterocycles. The van der Waals surface area contributed by atoms with E-state index in [9.17, 15) is 0 Å². The molecular weight excluding hydrogens is 797 g/mol. The van der Waals surface area contributed by atoms with Crippen molar-refractivity contribution in [3.8, 4) is 39.1 Å². The van der Waals surface area contributed by atoms with Gasteiger partial charge in [-0.15, -0.1) is 0 Å². The Bertz CT molecular complexity index is 3150. The zero-order valence-corrected chi connectivity index (χ0v) is 37.4. The van der Waals surface area contributed by atoms with Gasteiger partial charge >= 0.3 is 0 Å². The van der Waals surface area contributed by atoms with Gasteiger partial charge < -0.3 is 9.88 Å². The molecule has 1 aliphatic rings. The molecule has 0 atom stereocenters. The molecular formula is C64H52N2. The third kappa shape index (κ3) is 9.26. The van der Waals surface area contributed by atoms with Crippen LogP contribution in [-0.4, -0.2) is 4.57 Å². The number of benzene rings is 7. The Labute approximate surface area is 390 Å². The molecule has 0 saturated heterocycles. The minimum absolute atomic E-state index is 0.714. The van der Waals surface area contributed by atoms with Crippen molar-refractivity contribution in [3.05, 3.63) is 289 Å². The summed E-state index contributed by atoms with van der Waals surface area (Å²) in [4.78, 5) is 0. The first-order valence-electron chi connectivity index (χ1n) is 22.5. The monoisotopic (exact) mass is 848 g/mol. The molecule has 0 unspecified atom stereocenters. The Morgan fingerprint density at radius 1 is 0.591 bits per heavy atom. The molecule has 0 saturated carbocycles. The number of fused-ring (bicyclic) bond motifs is 3. The van der Waals surface area contributed by atoms with Crippen molar-refractivity contribution in [1.29, 1.82) is 0 Å². The molecule has 66 heavy (non-hydrogen) atoms. The van der Waals surface area contributed by atoms with Gasteiger partial charge in [-0.05, 0) is 146 Å². The molecule has 7 aromatic carbocycles. The minimum Gasteiger partial charge on any atom is -0.361 e. The first-order valence-corrected chi connectivity index (χ1v) is 22.5. The maximum absolute atomic E-state index is 4.67. The normalized spacial score (nSPS) is 14.4. The number of nitrogens with one attached hydrogen (secondary N) is 1. The van der Waals surface area contributed by atoms with Crippen LogP contribution in [0.15, 0.2) is 244 Å². The summed E-state index contributed by atoms with van der Waals surface area (Å²) >= 11 is 0. The van der Waals surface area contributed by atoms with Crippen LogP contribution in [-0.2, 0) is 6.42 Å². The first-order chi connectivity index (χ1) is 32.5. The lowest BCUT2D eigenvalue weighted by molar-refractivity contribution is 0.996. The molecule has 318 valence electrons. The third-order valence-electron chi connectivity index (χ3n) is 12.2. The Balaban J connectivity index is 1.14. The summed E-state index contributed by atoms with van der Waals surface area (Å²) in [5.74, 6) is 0. The molecule has 2 heterocycles. The predicted octanol–water partition coefficient (Wildman–Crippen LogP) is 17.0. The zero-order valence-electron chi connectivity index (χ0n) is 37.4. The van der Waals surface area contributed by atoms with Crippen LogP contribution in [0.4, 0.5) is 5.69 Å². The highest BCUT2D eigenvalue weighted by atomic mass is 15.0. The van der Waals surface area contributed by atoms with E-state index in [-0.39, 0.29) is 0 Å². The number of hydrogen-bond acceptors (Lipinski definition) is 1. The topological polar surface area (TPSA) is 17.0 Å². The summed E-state index contributed by atoms with van der Waals surface area (Å²) in [5.41, 5.74) is 21.1. The highest BCUT2D eigenvalue weighted by Crippen LogP contribution is 2.39. The van der Waals surface area contributed by atoms with E-state index < -0.39 is 0 Å². The number of hydrogen-bond donors (Lipinski definition) is 1. The van der Waals surface area contributed by atoms with Crippen molar-refractivity contribution < 1.29 is 0 Å². The van der Waals surface area contributed by atoms with Crippen LogP contribution in [0.2, 0.25) is 0 Å². The van der Waals surface area contributed by atoms with E-state index in [4.69, 9.17) is 0 Å². The first kappa shape index (κ1) is 42.8. The van der Waals surface area contributed by atoms with E-state index in [0.717, 1.165) is 89.6 Å². The quantitative estimate of drug-likeness (QED) is 0.121. The summed E-state index contributed by atoms with van der Waals surface area (Å²) in [6.45, 7) is 15.2. The molecule has 1 aromatic heterocycles. The maximum atomic E-state index is 4.67. The van der Waals surface area contributed by atoms with Gasteiger partial charge in [0, 0.05) is 34.5 Å². The second-order valence-corrected chi connectivity index (χ2v) is 16.4. The zero-order chi connectivity index (χ0) is 45.2. The summed E-state index contributed by atoms with van der Waals surface area (Å²) in [6.07, 6.45) is 21.9. The van der Waals surface area contributed by atoms with Crippen LogP contribution < -0.4 is 5.32 Å². The van der Waals surface area contributed by atoms with Gasteiger partial charge in [0.1, 0.15) is 0 Å². The highest BCUT2D eigenvalue weighted by molar-refractivity contribution is 5.99.